The number of aliphatic hydroxyl groups excluding tert-OH is 1. The third-order valence-electron chi connectivity index (χ3n) is 3.56. The highest BCUT2D eigenvalue weighted by Crippen LogP contribution is 2.23. The summed E-state index contributed by atoms with van der Waals surface area (Å²) >= 11 is 0. The fourth-order valence-corrected chi connectivity index (χ4v) is 2.55. The zero-order chi connectivity index (χ0) is 12.1. The lowest BCUT2D eigenvalue weighted by molar-refractivity contribution is -0.126. The summed E-state index contributed by atoms with van der Waals surface area (Å²) in [5.74, 6) is 0.442. The molecule has 1 aliphatic heterocycles. The number of nitrogens with one attached hydrogen (secondary N) is 2. The van der Waals surface area contributed by atoms with Gasteiger partial charge in [0.25, 0.3) is 0 Å². The van der Waals surface area contributed by atoms with Gasteiger partial charge in [-0.25, -0.2) is 0 Å². The molecule has 3 atom stereocenters. The molecule has 1 saturated heterocycles. The van der Waals surface area contributed by atoms with Gasteiger partial charge in [-0.15, -0.1) is 0 Å². The molecule has 2 aliphatic rings. The van der Waals surface area contributed by atoms with Gasteiger partial charge < -0.3 is 20.5 Å². The van der Waals surface area contributed by atoms with Gasteiger partial charge >= 0.3 is 0 Å². The van der Waals surface area contributed by atoms with E-state index in [4.69, 9.17) is 4.74 Å². The third-order valence-corrected chi connectivity index (χ3v) is 3.56. The van der Waals surface area contributed by atoms with E-state index in [9.17, 15) is 9.90 Å². The average molecular weight is 242 g/mol. The van der Waals surface area contributed by atoms with Gasteiger partial charge in [-0.05, 0) is 25.2 Å². The second-order valence-electron chi connectivity index (χ2n) is 5.01. The van der Waals surface area contributed by atoms with Crippen LogP contribution in [0.25, 0.3) is 0 Å². The maximum atomic E-state index is 11.8. The van der Waals surface area contributed by atoms with Gasteiger partial charge in [0.05, 0.1) is 19.3 Å². The molecule has 5 nitrogen and oxygen atoms in total. The highest BCUT2D eigenvalue weighted by atomic mass is 16.5. The van der Waals surface area contributed by atoms with Crippen LogP contribution in [0.3, 0.4) is 0 Å². The third kappa shape index (κ3) is 3.94. The lowest BCUT2D eigenvalue weighted by Crippen LogP contribution is -2.52. The van der Waals surface area contributed by atoms with Crippen molar-refractivity contribution in [2.45, 2.75) is 37.8 Å². The Morgan fingerprint density at radius 1 is 1.47 bits per heavy atom. The Bertz CT molecular complexity index is 254. The fraction of sp³-hybridized carbons (Fsp3) is 0.917. The normalized spacial score (nSPS) is 34.3. The number of hydrogen-bond donors (Lipinski definition) is 3. The van der Waals surface area contributed by atoms with E-state index in [0.717, 1.165) is 32.2 Å². The second kappa shape index (κ2) is 6.33. The predicted molar refractivity (Wildman–Crippen MR) is 63.6 cm³/mol. The molecule has 3 N–H and O–H groups in total. The van der Waals surface area contributed by atoms with Crippen LogP contribution in [-0.2, 0) is 9.53 Å². The Morgan fingerprint density at radius 2 is 2.35 bits per heavy atom. The summed E-state index contributed by atoms with van der Waals surface area (Å²) in [6.07, 6.45) is 3.71. The smallest absolute Gasteiger partial charge is 0.239 e. The molecular weight excluding hydrogens is 220 g/mol. The Hall–Kier alpha value is -0.650. The molecule has 2 rings (SSSR count). The van der Waals surface area contributed by atoms with Gasteiger partial charge in [-0.1, -0.05) is 6.42 Å². The van der Waals surface area contributed by atoms with Crippen molar-refractivity contribution in [1.29, 1.82) is 0 Å². The molecule has 1 aliphatic carbocycles. The van der Waals surface area contributed by atoms with Crippen molar-refractivity contribution in [3.63, 3.8) is 0 Å². The number of rotatable bonds is 3. The summed E-state index contributed by atoms with van der Waals surface area (Å²) in [4.78, 5) is 11.8. The van der Waals surface area contributed by atoms with E-state index >= 15 is 0 Å². The topological polar surface area (TPSA) is 70.6 Å². The molecule has 3 unspecified atom stereocenters. The van der Waals surface area contributed by atoms with Crippen molar-refractivity contribution in [3.8, 4) is 0 Å². The van der Waals surface area contributed by atoms with Crippen LogP contribution >= 0.6 is 0 Å². The Kier molecular flexibility index (Phi) is 4.76. The zero-order valence-corrected chi connectivity index (χ0v) is 10.2. The zero-order valence-electron chi connectivity index (χ0n) is 10.2. The Balaban J connectivity index is 1.68. The largest absolute Gasteiger partial charge is 0.393 e. The molecule has 0 aromatic heterocycles. The van der Waals surface area contributed by atoms with Crippen molar-refractivity contribution in [2.75, 3.05) is 26.3 Å². The van der Waals surface area contributed by atoms with Gasteiger partial charge in [0.1, 0.15) is 6.04 Å². The van der Waals surface area contributed by atoms with E-state index in [2.05, 4.69) is 10.6 Å². The van der Waals surface area contributed by atoms with E-state index in [1.807, 2.05) is 0 Å². The SMILES string of the molecule is O=C(NCC1CCCC(O)C1)C1COCCN1. The number of morpholine rings is 1. The van der Waals surface area contributed by atoms with Crippen LogP contribution in [0.5, 0.6) is 0 Å². The van der Waals surface area contributed by atoms with E-state index in [1.165, 1.54) is 0 Å². The highest BCUT2D eigenvalue weighted by molar-refractivity contribution is 5.81. The van der Waals surface area contributed by atoms with Gasteiger partial charge in [-0.3, -0.25) is 4.79 Å². The molecule has 1 saturated carbocycles. The molecule has 0 radical (unpaired) electrons. The van der Waals surface area contributed by atoms with Crippen molar-refractivity contribution in [3.05, 3.63) is 0 Å². The van der Waals surface area contributed by atoms with Crippen LogP contribution in [0.15, 0.2) is 0 Å². The predicted octanol–water partition coefficient (Wildman–Crippen LogP) is -0.358. The van der Waals surface area contributed by atoms with Crippen molar-refractivity contribution >= 4 is 5.91 Å². The highest BCUT2D eigenvalue weighted by Gasteiger charge is 2.24. The first-order valence-electron chi connectivity index (χ1n) is 6.52. The van der Waals surface area contributed by atoms with Crippen LogP contribution in [0.1, 0.15) is 25.7 Å². The first-order valence-corrected chi connectivity index (χ1v) is 6.52. The van der Waals surface area contributed by atoms with Crippen LogP contribution in [0.2, 0.25) is 0 Å². The molecular formula is C12H22N2O3. The van der Waals surface area contributed by atoms with Crippen LogP contribution < -0.4 is 10.6 Å². The molecule has 0 spiro atoms. The molecule has 2 fully saturated rings. The second-order valence-corrected chi connectivity index (χ2v) is 5.01. The van der Waals surface area contributed by atoms with E-state index < -0.39 is 0 Å². The number of carbonyl (C=O) groups is 1. The first-order chi connectivity index (χ1) is 8.25. The van der Waals surface area contributed by atoms with Crippen molar-refractivity contribution in [2.24, 2.45) is 5.92 Å². The van der Waals surface area contributed by atoms with Gasteiger partial charge in [0.15, 0.2) is 0 Å². The van der Waals surface area contributed by atoms with Gasteiger partial charge in [0, 0.05) is 13.1 Å². The van der Waals surface area contributed by atoms with Crippen LogP contribution in [-0.4, -0.2) is 49.5 Å². The maximum absolute atomic E-state index is 11.8. The molecule has 0 aromatic carbocycles. The number of carbonyl (C=O) groups excluding carboxylic acids is 1. The Labute approximate surface area is 102 Å². The summed E-state index contributed by atoms with van der Waals surface area (Å²) < 4.78 is 5.25. The number of aliphatic hydroxyl groups is 1. The fourth-order valence-electron chi connectivity index (χ4n) is 2.55. The summed E-state index contributed by atoms with van der Waals surface area (Å²) in [5.41, 5.74) is 0. The minimum Gasteiger partial charge on any atom is -0.393 e. The average Bonchev–Trinajstić information content (AvgIpc) is 2.37. The minimum atomic E-state index is -0.211. The number of amides is 1. The molecule has 98 valence electrons. The van der Waals surface area contributed by atoms with Crippen LogP contribution in [0, 0.1) is 5.92 Å². The van der Waals surface area contributed by atoms with Gasteiger partial charge in [0.2, 0.25) is 5.91 Å². The quantitative estimate of drug-likeness (QED) is 0.632. The van der Waals surface area contributed by atoms with Crippen LogP contribution in [0.4, 0.5) is 0 Å². The lowest BCUT2D eigenvalue weighted by Gasteiger charge is -2.27. The summed E-state index contributed by atoms with van der Waals surface area (Å²) in [6, 6.07) is -0.211. The summed E-state index contributed by atoms with van der Waals surface area (Å²) in [6.45, 7) is 2.55. The van der Waals surface area contributed by atoms with Crippen molar-refractivity contribution in [1.82, 2.24) is 10.6 Å². The molecule has 1 amide bonds. The molecule has 1 heterocycles. The van der Waals surface area contributed by atoms with E-state index in [0.29, 0.717) is 25.7 Å². The number of ether oxygens (including phenoxy) is 1. The standard InChI is InChI=1S/C12H22N2O3/c15-10-3-1-2-9(6-10)7-14-12(16)11-8-17-5-4-13-11/h9-11,13,15H,1-8H2,(H,14,16). The van der Waals surface area contributed by atoms with E-state index in [-0.39, 0.29) is 18.1 Å². The lowest BCUT2D eigenvalue weighted by atomic mass is 9.87. The molecule has 0 bridgehead atoms. The van der Waals surface area contributed by atoms with Crippen molar-refractivity contribution < 1.29 is 14.6 Å². The molecule has 0 aromatic rings. The number of hydrogen-bond acceptors (Lipinski definition) is 4. The molecule has 5 heteroatoms. The minimum absolute atomic E-state index is 0.0183. The first kappa shape index (κ1) is 12.8. The van der Waals surface area contributed by atoms with E-state index in [1.54, 1.807) is 0 Å². The summed E-state index contributed by atoms with van der Waals surface area (Å²) in [7, 11) is 0. The molecule has 17 heavy (non-hydrogen) atoms. The Morgan fingerprint density at radius 3 is 3.06 bits per heavy atom. The summed E-state index contributed by atoms with van der Waals surface area (Å²) in [5, 5.41) is 15.6. The maximum Gasteiger partial charge on any atom is 0.239 e. The van der Waals surface area contributed by atoms with Gasteiger partial charge in [-0.2, -0.15) is 0 Å². The monoisotopic (exact) mass is 242 g/mol.